The maximum Gasteiger partial charge on any atom is 0.279 e. The molecular formula is C18H22N2O4. The molecule has 3 rings (SSSR count). The molecule has 1 heterocycles. The van der Waals surface area contributed by atoms with Crippen molar-refractivity contribution in [2.75, 3.05) is 0 Å². The molecule has 0 radical (unpaired) electrons. The van der Waals surface area contributed by atoms with Gasteiger partial charge < -0.3 is 4.74 Å². The van der Waals surface area contributed by atoms with Crippen LogP contribution >= 0.6 is 0 Å². The molecule has 1 N–H and O–H groups in total. The molecule has 1 aliphatic carbocycles. The van der Waals surface area contributed by atoms with Gasteiger partial charge in [0.25, 0.3) is 17.7 Å². The second-order valence-electron chi connectivity index (χ2n) is 6.56. The van der Waals surface area contributed by atoms with Gasteiger partial charge in [0, 0.05) is 0 Å². The van der Waals surface area contributed by atoms with Crippen LogP contribution in [0.3, 0.4) is 0 Å². The highest BCUT2D eigenvalue weighted by atomic mass is 16.5. The summed E-state index contributed by atoms with van der Waals surface area (Å²) in [6.45, 7) is 3.55. The van der Waals surface area contributed by atoms with E-state index in [1.165, 1.54) is 0 Å². The number of hydrogen-bond acceptors (Lipinski definition) is 4. The van der Waals surface area contributed by atoms with Crippen molar-refractivity contribution in [1.82, 2.24) is 10.4 Å². The van der Waals surface area contributed by atoms with Crippen LogP contribution in [0.1, 0.15) is 38.2 Å². The molecule has 0 spiro atoms. The molecule has 24 heavy (non-hydrogen) atoms. The average molecular weight is 330 g/mol. The monoisotopic (exact) mass is 330 g/mol. The summed E-state index contributed by atoms with van der Waals surface area (Å²) in [4.78, 5) is 37.0. The topological polar surface area (TPSA) is 75.7 Å². The number of hydrogen-bond donors (Lipinski definition) is 1. The van der Waals surface area contributed by atoms with Gasteiger partial charge in [-0.15, -0.1) is 0 Å². The van der Waals surface area contributed by atoms with Crippen molar-refractivity contribution in [3.8, 4) is 5.75 Å². The lowest BCUT2D eigenvalue weighted by Crippen LogP contribution is -2.50. The minimum Gasteiger partial charge on any atom is -0.481 e. The highest BCUT2D eigenvalue weighted by Crippen LogP contribution is 2.37. The van der Waals surface area contributed by atoms with Crippen molar-refractivity contribution in [1.29, 1.82) is 0 Å². The van der Waals surface area contributed by atoms with E-state index in [0.717, 1.165) is 36.3 Å². The summed E-state index contributed by atoms with van der Waals surface area (Å²) in [6.07, 6.45) is 2.54. The Morgan fingerprint density at radius 1 is 1.12 bits per heavy atom. The highest BCUT2D eigenvalue weighted by Gasteiger charge is 2.49. The van der Waals surface area contributed by atoms with E-state index in [0.29, 0.717) is 5.75 Å². The van der Waals surface area contributed by atoms with Gasteiger partial charge >= 0.3 is 0 Å². The number of carbonyl (C=O) groups excluding carboxylic acids is 3. The Kier molecular flexibility index (Phi) is 4.55. The second-order valence-corrected chi connectivity index (χ2v) is 6.56. The Bertz CT molecular complexity index is 631. The smallest absolute Gasteiger partial charge is 0.279 e. The van der Waals surface area contributed by atoms with Gasteiger partial charge in [0.2, 0.25) is 0 Å². The lowest BCUT2D eigenvalue weighted by atomic mass is 9.81. The van der Waals surface area contributed by atoms with Gasteiger partial charge in [-0.05, 0) is 38.8 Å². The summed E-state index contributed by atoms with van der Waals surface area (Å²) < 4.78 is 5.57. The quantitative estimate of drug-likeness (QED) is 0.857. The number of nitrogens with zero attached hydrogens (tertiary/aromatic N) is 1. The van der Waals surface area contributed by atoms with E-state index < -0.39 is 12.0 Å². The Labute approximate surface area is 141 Å². The molecule has 0 aromatic heterocycles. The third kappa shape index (κ3) is 3.13. The van der Waals surface area contributed by atoms with E-state index in [1.54, 1.807) is 19.1 Å². The summed E-state index contributed by atoms with van der Waals surface area (Å²) >= 11 is 0. The highest BCUT2D eigenvalue weighted by molar-refractivity contribution is 6.06. The number of aryl methyl sites for hydroxylation is 1. The van der Waals surface area contributed by atoms with Crippen LogP contribution in [0.25, 0.3) is 0 Å². The molecular weight excluding hydrogens is 308 g/mol. The Balaban J connectivity index is 1.62. The first-order valence-electron chi connectivity index (χ1n) is 8.39. The van der Waals surface area contributed by atoms with Gasteiger partial charge in [-0.25, -0.2) is 0 Å². The average Bonchev–Trinajstić information content (AvgIpc) is 2.82. The lowest BCUT2D eigenvalue weighted by molar-refractivity contribution is -0.151. The first-order valence-corrected chi connectivity index (χ1v) is 8.39. The fraction of sp³-hybridized carbons (Fsp3) is 0.500. The molecule has 1 saturated heterocycles. The van der Waals surface area contributed by atoms with E-state index in [-0.39, 0.29) is 23.7 Å². The molecule has 0 unspecified atom stereocenters. The van der Waals surface area contributed by atoms with Gasteiger partial charge in [-0.3, -0.25) is 19.8 Å². The first kappa shape index (κ1) is 16.5. The summed E-state index contributed by atoms with van der Waals surface area (Å²) in [7, 11) is 0. The number of ether oxygens (including phenoxy) is 1. The summed E-state index contributed by atoms with van der Waals surface area (Å²) in [5, 5.41) is 0.901. The normalized spacial score (nSPS) is 24.5. The lowest BCUT2D eigenvalue weighted by Gasteiger charge is -2.20. The van der Waals surface area contributed by atoms with Gasteiger partial charge in [0.1, 0.15) is 5.75 Å². The maximum absolute atomic E-state index is 12.4. The van der Waals surface area contributed by atoms with Crippen LogP contribution in [0.5, 0.6) is 5.75 Å². The Morgan fingerprint density at radius 3 is 2.21 bits per heavy atom. The predicted octanol–water partition coefficient (Wildman–Crippen LogP) is 1.97. The van der Waals surface area contributed by atoms with Gasteiger partial charge in [0.05, 0.1) is 11.8 Å². The number of carbonyl (C=O) groups is 3. The molecule has 128 valence electrons. The van der Waals surface area contributed by atoms with Crippen LogP contribution < -0.4 is 10.2 Å². The van der Waals surface area contributed by atoms with E-state index >= 15 is 0 Å². The number of nitrogens with one attached hydrogen (secondary N) is 1. The van der Waals surface area contributed by atoms with Gasteiger partial charge in [0.15, 0.2) is 6.10 Å². The van der Waals surface area contributed by atoms with Crippen molar-refractivity contribution in [3.63, 3.8) is 0 Å². The predicted molar refractivity (Wildman–Crippen MR) is 86.7 cm³/mol. The minimum absolute atomic E-state index is 0.278. The molecule has 3 amide bonds. The van der Waals surface area contributed by atoms with Crippen LogP contribution in [-0.2, 0) is 14.4 Å². The van der Waals surface area contributed by atoms with Crippen LogP contribution in [0.15, 0.2) is 24.3 Å². The number of benzene rings is 1. The van der Waals surface area contributed by atoms with Gasteiger partial charge in [-0.1, -0.05) is 30.5 Å². The zero-order chi connectivity index (χ0) is 17.3. The molecule has 6 heteroatoms. The molecule has 1 aromatic rings. The van der Waals surface area contributed by atoms with Crippen molar-refractivity contribution < 1.29 is 19.1 Å². The standard InChI is InChI=1S/C18H22N2O4/c1-11-7-9-13(10-8-11)24-12(2)16(21)19-20-17(22)14-5-3-4-6-15(14)18(20)23/h7-10,12,14-15H,3-6H2,1-2H3,(H,19,21)/t12-,14-,15+/m1/s1. The Hall–Kier alpha value is -2.37. The second kappa shape index (κ2) is 6.63. The fourth-order valence-electron chi connectivity index (χ4n) is 3.35. The fourth-order valence-corrected chi connectivity index (χ4v) is 3.35. The number of amides is 3. The van der Waals surface area contributed by atoms with Crippen molar-refractivity contribution in [3.05, 3.63) is 29.8 Å². The summed E-state index contributed by atoms with van der Waals surface area (Å²) in [5.41, 5.74) is 3.53. The number of fused-ring (bicyclic) bond motifs is 1. The van der Waals surface area contributed by atoms with Crippen molar-refractivity contribution in [2.24, 2.45) is 11.8 Å². The van der Waals surface area contributed by atoms with E-state index in [2.05, 4.69) is 5.43 Å². The Morgan fingerprint density at radius 2 is 1.67 bits per heavy atom. The molecule has 1 aliphatic heterocycles. The first-order chi connectivity index (χ1) is 11.5. The van der Waals surface area contributed by atoms with Crippen molar-refractivity contribution in [2.45, 2.75) is 45.6 Å². The SMILES string of the molecule is Cc1ccc(O[C@H](C)C(=O)NN2C(=O)[C@H]3CCCC[C@H]3C2=O)cc1. The number of rotatable bonds is 4. The summed E-state index contributed by atoms with van der Waals surface area (Å²) in [5.74, 6) is -1.08. The molecule has 6 nitrogen and oxygen atoms in total. The molecule has 1 aromatic carbocycles. The zero-order valence-electron chi connectivity index (χ0n) is 14.0. The number of imide groups is 1. The maximum atomic E-state index is 12.4. The van der Waals surface area contributed by atoms with E-state index in [1.807, 2.05) is 19.1 Å². The number of hydrazine groups is 1. The molecule has 2 fully saturated rings. The van der Waals surface area contributed by atoms with Crippen LogP contribution in [-0.4, -0.2) is 28.8 Å². The third-order valence-corrected chi connectivity index (χ3v) is 4.77. The van der Waals surface area contributed by atoms with Crippen LogP contribution in [0, 0.1) is 18.8 Å². The van der Waals surface area contributed by atoms with Crippen LogP contribution in [0.4, 0.5) is 0 Å². The largest absolute Gasteiger partial charge is 0.481 e. The molecule has 0 bridgehead atoms. The molecule has 1 saturated carbocycles. The van der Waals surface area contributed by atoms with Crippen molar-refractivity contribution >= 4 is 17.7 Å². The third-order valence-electron chi connectivity index (χ3n) is 4.77. The summed E-state index contributed by atoms with van der Waals surface area (Å²) in [6, 6.07) is 7.33. The van der Waals surface area contributed by atoms with Crippen LogP contribution in [0.2, 0.25) is 0 Å². The van der Waals surface area contributed by atoms with E-state index in [9.17, 15) is 14.4 Å². The van der Waals surface area contributed by atoms with E-state index in [4.69, 9.17) is 4.74 Å². The zero-order valence-corrected chi connectivity index (χ0v) is 14.0. The minimum atomic E-state index is -0.809. The molecule has 3 atom stereocenters. The molecule has 2 aliphatic rings. The van der Waals surface area contributed by atoms with Gasteiger partial charge in [-0.2, -0.15) is 5.01 Å².